The Morgan fingerprint density at radius 2 is 1.73 bits per heavy atom. The quantitative estimate of drug-likeness (QED) is 0.374. The SMILES string of the molecule is COc1ccc(CN(C(=O)CCCN2c3cccc4cccc(c34)S2(=O)=O)[C@H](C)C(=O)NC2CCCCC2)cc1. The molecular weight excluding hydrogens is 526 g/mol. The fourth-order valence-corrected chi connectivity index (χ4v) is 7.54. The Morgan fingerprint density at radius 1 is 1.02 bits per heavy atom. The van der Waals surface area contributed by atoms with E-state index in [9.17, 15) is 18.0 Å². The summed E-state index contributed by atoms with van der Waals surface area (Å²) in [6.45, 7) is 2.22. The van der Waals surface area contributed by atoms with Crippen molar-refractivity contribution in [2.45, 2.75) is 75.4 Å². The van der Waals surface area contributed by atoms with Gasteiger partial charge >= 0.3 is 0 Å². The molecule has 0 spiro atoms. The summed E-state index contributed by atoms with van der Waals surface area (Å²) in [5.41, 5.74) is 1.53. The minimum atomic E-state index is -3.69. The molecule has 3 aromatic rings. The molecule has 9 heteroatoms. The van der Waals surface area contributed by atoms with Crippen molar-refractivity contribution in [1.82, 2.24) is 10.2 Å². The lowest BCUT2D eigenvalue weighted by Crippen LogP contribution is -2.50. The van der Waals surface area contributed by atoms with E-state index in [2.05, 4.69) is 5.32 Å². The summed E-state index contributed by atoms with van der Waals surface area (Å²) < 4.78 is 33.3. The Labute approximate surface area is 236 Å². The number of carbonyl (C=O) groups is 2. The zero-order chi connectivity index (χ0) is 28.3. The Kier molecular flexibility index (Phi) is 8.30. The fourth-order valence-electron chi connectivity index (χ4n) is 5.80. The standard InChI is InChI=1S/C31H37N3O5S/c1-22(31(36)32-25-11-4-3-5-12-25)33(21-23-16-18-26(39-2)19-17-23)29(35)15-8-20-34-27-13-6-9-24-10-7-14-28(30(24)27)40(34,37)38/h6-7,9-10,13-14,16-19,22,25H,3-5,8,11-12,15,20-21H2,1-2H3,(H,32,36)/t22-/m1/s1. The van der Waals surface area contributed by atoms with Crippen LogP contribution in [0.25, 0.3) is 10.8 Å². The summed E-state index contributed by atoms with van der Waals surface area (Å²) in [6, 6.07) is 17.8. The second-order valence-electron chi connectivity index (χ2n) is 10.7. The summed E-state index contributed by atoms with van der Waals surface area (Å²) in [6.07, 6.45) is 5.77. The van der Waals surface area contributed by atoms with Gasteiger partial charge in [0.05, 0.1) is 17.7 Å². The van der Waals surface area contributed by atoms with Crippen LogP contribution in [-0.2, 0) is 26.2 Å². The molecule has 40 heavy (non-hydrogen) atoms. The number of rotatable bonds is 10. The van der Waals surface area contributed by atoms with E-state index in [1.807, 2.05) is 48.5 Å². The summed E-state index contributed by atoms with van der Waals surface area (Å²) in [4.78, 5) is 28.8. The molecule has 2 amide bonds. The number of sulfonamides is 1. The van der Waals surface area contributed by atoms with Crippen LogP contribution in [0, 0.1) is 0 Å². The number of hydrogen-bond donors (Lipinski definition) is 1. The smallest absolute Gasteiger partial charge is 0.265 e. The maximum Gasteiger partial charge on any atom is 0.265 e. The first-order valence-corrected chi connectivity index (χ1v) is 15.5. The lowest BCUT2D eigenvalue weighted by atomic mass is 9.95. The lowest BCUT2D eigenvalue weighted by molar-refractivity contribution is -0.141. The van der Waals surface area contributed by atoms with Gasteiger partial charge in [-0.05, 0) is 61.4 Å². The van der Waals surface area contributed by atoms with Crippen LogP contribution in [-0.4, -0.2) is 50.9 Å². The van der Waals surface area contributed by atoms with Crippen LogP contribution < -0.4 is 14.4 Å². The van der Waals surface area contributed by atoms with Gasteiger partial charge in [0.1, 0.15) is 11.8 Å². The molecular formula is C31H37N3O5S. The third-order valence-electron chi connectivity index (χ3n) is 8.06. The number of carbonyl (C=O) groups excluding carboxylic acids is 2. The maximum atomic E-state index is 13.6. The molecule has 0 bridgehead atoms. The van der Waals surface area contributed by atoms with Gasteiger partial charge in [-0.3, -0.25) is 13.9 Å². The second-order valence-corrected chi connectivity index (χ2v) is 12.5. The zero-order valence-electron chi connectivity index (χ0n) is 23.1. The molecule has 8 nitrogen and oxygen atoms in total. The highest BCUT2D eigenvalue weighted by Crippen LogP contribution is 2.42. The molecule has 5 rings (SSSR count). The molecule has 0 unspecified atom stereocenters. The average Bonchev–Trinajstić information content (AvgIpc) is 3.19. The molecule has 0 aromatic heterocycles. The molecule has 1 N–H and O–H groups in total. The van der Waals surface area contributed by atoms with Gasteiger partial charge in [0.15, 0.2) is 0 Å². The van der Waals surface area contributed by atoms with Crippen LogP contribution in [0.3, 0.4) is 0 Å². The lowest BCUT2D eigenvalue weighted by Gasteiger charge is -2.31. The first-order valence-electron chi connectivity index (χ1n) is 14.1. The van der Waals surface area contributed by atoms with Crippen molar-refractivity contribution in [3.8, 4) is 5.75 Å². The highest BCUT2D eigenvalue weighted by molar-refractivity contribution is 7.93. The number of amides is 2. The van der Waals surface area contributed by atoms with Gasteiger partial charge in [0.25, 0.3) is 10.0 Å². The van der Waals surface area contributed by atoms with E-state index in [1.165, 1.54) is 10.7 Å². The molecule has 3 aromatic carbocycles. The number of hydrogen-bond acceptors (Lipinski definition) is 5. The Balaban J connectivity index is 1.29. The molecule has 1 aliphatic heterocycles. The second kappa shape index (κ2) is 11.9. The highest BCUT2D eigenvalue weighted by Gasteiger charge is 2.35. The van der Waals surface area contributed by atoms with Gasteiger partial charge in [0.2, 0.25) is 11.8 Å². The molecule has 0 radical (unpaired) electrons. The number of benzene rings is 3. The largest absolute Gasteiger partial charge is 0.497 e. The van der Waals surface area contributed by atoms with Crippen molar-refractivity contribution >= 4 is 38.3 Å². The van der Waals surface area contributed by atoms with E-state index in [1.54, 1.807) is 31.1 Å². The van der Waals surface area contributed by atoms with Crippen molar-refractivity contribution < 1.29 is 22.7 Å². The topological polar surface area (TPSA) is 96.0 Å². The van der Waals surface area contributed by atoms with Crippen molar-refractivity contribution in [3.63, 3.8) is 0 Å². The number of nitrogens with one attached hydrogen (secondary N) is 1. The molecule has 1 saturated carbocycles. The highest BCUT2D eigenvalue weighted by atomic mass is 32.2. The molecule has 1 fully saturated rings. The number of methoxy groups -OCH3 is 1. The summed E-state index contributed by atoms with van der Waals surface area (Å²) in [5, 5.41) is 4.75. The van der Waals surface area contributed by atoms with Crippen molar-refractivity contribution in [2.75, 3.05) is 18.0 Å². The van der Waals surface area contributed by atoms with E-state index in [4.69, 9.17) is 4.74 Å². The minimum Gasteiger partial charge on any atom is -0.497 e. The Morgan fingerprint density at radius 3 is 2.42 bits per heavy atom. The normalized spacial score (nSPS) is 17.0. The van der Waals surface area contributed by atoms with Gasteiger partial charge < -0.3 is 15.0 Å². The van der Waals surface area contributed by atoms with Crippen LogP contribution in [0.4, 0.5) is 5.69 Å². The molecule has 0 saturated heterocycles. The van der Waals surface area contributed by atoms with Gasteiger partial charge in [-0.2, -0.15) is 0 Å². The van der Waals surface area contributed by atoms with Crippen LogP contribution in [0.5, 0.6) is 5.75 Å². The van der Waals surface area contributed by atoms with Crippen LogP contribution in [0.15, 0.2) is 65.6 Å². The average molecular weight is 564 g/mol. The molecule has 1 atom stereocenters. The minimum absolute atomic E-state index is 0.121. The zero-order valence-corrected chi connectivity index (χ0v) is 24.0. The summed E-state index contributed by atoms with van der Waals surface area (Å²) >= 11 is 0. The van der Waals surface area contributed by atoms with E-state index in [0.29, 0.717) is 22.8 Å². The predicted molar refractivity (Wildman–Crippen MR) is 156 cm³/mol. The molecule has 212 valence electrons. The third-order valence-corrected chi connectivity index (χ3v) is 9.92. The number of nitrogens with zero attached hydrogens (tertiary/aromatic N) is 2. The summed E-state index contributed by atoms with van der Waals surface area (Å²) in [5.74, 6) is 0.375. The van der Waals surface area contributed by atoms with E-state index < -0.39 is 16.1 Å². The van der Waals surface area contributed by atoms with Gasteiger partial charge in [-0.25, -0.2) is 8.42 Å². The Hall–Kier alpha value is -3.59. The maximum absolute atomic E-state index is 13.6. The molecule has 1 heterocycles. The first kappa shape index (κ1) is 28.0. The first-order chi connectivity index (χ1) is 19.3. The van der Waals surface area contributed by atoms with E-state index in [0.717, 1.165) is 42.0 Å². The molecule has 1 aliphatic carbocycles. The van der Waals surface area contributed by atoms with Crippen LogP contribution in [0.1, 0.15) is 57.4 Å². The van der Waals surface area contributed by atoms with Crippen LogP contribution in [0.2, 0.25) is 0 Å². The van der Waals surface area contributed by atoms with Gasteiger partial charge in [0, 0.05) is 30.9 Å². The third kappa shape index (κ3) is 5.66. The monoisotopic (exact) mass is 563 g/mol. The summed E-state index contributed by atoms with van der Waals surface area (Å²) in [7, 11) is -2.09. The van der Waals surface area contributed by atoms with Gasteiger partial charge in [-0.1, -0.05) is 55.7 Å². The van der Waals surface area contributed by atoms with Crippen LogP contribution >= 0.6 is 0 Å². The van der Waals surface area contributed by atoms with Crippen molar-refractivity contribution in [1.29, 1.82) is 0 Å². The van der Waals surface area contributed by atoms with E-state index >= 15 is 0 Å². The Bertz CT molecular complexity index is 1480. The number of ether oxygens (including phenoxy) is 1. The van der Waals surface area contributed by atoms with Gasteiger partial charge in [-0.15, -0.1) is 0 Å². The van der Waals surface area contributed by atoms with Crippen molar-refractivity contribution in [3.05, 3.63) is 66.2 Å². The van der Waals surface area contributed by atoms with Crippen molar-refractivity contribution in [2.24, 2.45) is 0 Å². The van der Waals surface area contributed by atoms with E-state index in [-0.39, 0.29) is 37.4 Å². The fraction of sp³-hybridized carbons (Fsp3) is 0.419. The molecule has 2 aliphatic rings. The number of anilines is 1. The predicted octanol–water partition coefficient (Wildman–Crippen LogP) is 5.00.